The highest BCUT2D eigenvalue weighted by molar-refractivity contribution is 9.10. The Morgan fingerprint density at radius 1 is 1.00 bits per heavy atom. The Morgan fingerprint density at radius 3 is 2.33 bits per heavy atom. The summed E-state index contributed by atoms with van der Waals surface area (Å²) >= 11 is 7.13. The Bertz CT molecular complexity index is 603. The molecule has 0 heterocycles. The molecule has 0 aromatic heterocycles. The number of hydrogen-bond acceptors (Lipinski definition) is 1. The van der Waals surface area contributed by atoms with Gasteiger partial charge in [0.25, 0.3) is 0 Å². The lowest BCUT2D eigenvalue weighted by Crippen LogP contribution is -2.41. The van der Waals surface area contributed by atoms with Crippen LogP contribution in [-0.2, 0) is 0 Å². The summed E-state index contributed by atoms with van der Waals surface area (Å²) in [4.78, 5) is 0. The minimum atomic E-state index is 0.386. The molecule has 1 aliphatic rings. The number of benzene rings is 2. The highest BCUT2D eigenvalue weighted by atomic mass is 79.9. The van der Waals surface area contributed by atoms with Crippen molar-refractivity contribution in [2.45, 2.75) is 37.8 Å². The summed E-state index contributed by atoms with van der Waals surface area (Å²) in [6, 6.07) is 18.2. The van der Waals surface area contributed by atoms with Gasteiger partial charge in [0.05, 0.1) is 0 Å². The standard InChI is InChI=1S/C18H19Br2N/c1-12(17-4-2-3-5-18(17)20)21-16-10-14(11-16)13-6-8-15(19)9-7-13/h2-9,12,14,16,21H,10-11H2,1H3/t12-,14?,16?/m1/s1. The SMILES string of the molecule is C[C@@H](NC1CC(c2ccc(Br)cc2)C1)c1ccccc1Br. The number of halogens is 2. The molecule has 1 nitrogen and oxygen atoms in total. The fraction of sp³-hybridized carbons (Fsp3) is 0.333. The Balaban J connectivity index is 1.55. The Labute approximate surface area is 143 Å². The summed E-state index contributed by atoms with van der Waals surface area (Å²) in [6.07, 6.45) is 2.47. The van der Waals surface area contributed by atoms with E-state index in [1.807, 2.05) is 0 Å². The Hall–Kier alpha value is -0.640. The molecular formula is C18H19Br2N. The maximum atomic E-state index is 3.75. The van der Waals surface area contributed by atoms with E-state index in [2.05, 4.69) is 92.6 Å². The molecule has 3 rings (SSSR count). The molecule has 1 atom stereocenters. The van der Waals surface area contributed by atoms with Crippen LogP contribution in [-0.4, -0.2) is 6.04 Å². The van der Waals surface area contributed by atoms with Gasteiger partial charge in [-0.05, 0) is 55.0 Å². The van der Waals surface area contributed by atoms with Crippen molar-refractivity contribution in [1.82, 2.24) is 5.32 Å². The van der Waals surface area contributed by atoms with E-state index < -0.39 is 0 Å². The second kappa shape index (κ2) is 6.64. The molecule has 110 valence electrons. The van der Waals surface area contributed by atoms with E-state index in [0.29, 0.717) is 18.0 Å². The number of rotatable bonds is 4. The van der Waals surface area contributed by atoms with E-state index in [1.54, 1.807) is 0 Å². The molecule has 0 aliphatic heterocycles. The summed E-state index contributed by atoms with van der Waals surface area (Å²) in [6.45, 7) is 2.24. The maximum Gasteiger partial charge on any atom is 0.0305 e. The smallest absolute Gasteiger partial charge is 0.0305 e. The van der Waals surface area contributed by atoms with E-state index >= 15 is 0 Å². The van der Waals surface area contributed by atoms with E-state index in [0.717, 1.165) is 4.47 Å². The van der Waals surface area contributed by atoms with Crippen molar-refractivity contribution in [3.63, 3.8) is 0 Å². The minimum Gasteiger partial charge on any atom is -0.307 e. The van der Waals surface area contributed by atoms with Crippen LogP contribution in [0.1, 0.15) is 42.9 Å². The van der Waals surface area contributed by atoms with Crippen molar-refractivity contribution < 1.29 is 0 Å². The van der Waals surface area contributed by atoms with Crippen molar-refractivity contribution in [3.8, 4) is 0 Å². The average Bonchev–Trinajstić information content (AvgIpc) is 2.44. The zero-order valence-electron chi connectivity index (χ0n) is 12.0. The van der Waals surface area contributed by atoms with Gasteiger partial charge < -0.3 is 5.32 Å². The molecule has 3 heteroatoms. The van der Waals surface area contributed by atoms with Gasteiger partial charge in [-0.3, -0.25) is 0 Å². The Kier molecular flexibility index (Phi) is 4.82. The summed E-state index contributed by atoms with van der Waals surface area (Å²) in [7, 11) is 0. The van der Waals surface area contributed by atoms with Gasteiger partial charge in [-0.1, -0.05) is 62.2 Å². The fourth-order valence-corrected chi connectivity index (χ4v) is 3.92. The summed E-state index contributed by atoms with van der Waals surface area (Å²) < 4.78 is 2.34. The zero-order valence-corrected chi connectivity index (χ0v) is 15.2. The molecule has 2 aromatic carbocycles. The van der Waals surface area contributed by atoms with Crippen molar-refractivity contribution in [2.75, 3.05) is 0 Å². The molecule has 0 spiro atoms. The van der Waals surface area contributed by atoms with Gasteiger partial charge in [0.2, 0.25) is 0 Å². The molecule has 0 amide bonds. The first-order valence-corrected chi connectivity index (χ1v) is 8.98. The predicted molar refractivity (Wildman–Crippen MR) is 95.6 cm³/mol. The predicted octanol–water partition coefficient (Wildman–Crippen LogP) is 5.81. The minimum absolute atomic E-state index is 0.386. The van der Waals surface area contributed by atoms with Crippen LogP contribution in [0.3, 0.4) is 0 Å². The third-order valence-electron chi connectivity index (χ3n) is 4.34. The first kappa shape index (κ1) is 15.3. The highest BCUT2D eigenvalue weighted by Crippen LogP contribution is 2.38. The van der Waals surface area contributed by atoms with E-state index in [1.165, 1.54) is 28.4 Å². The quantitative estimate of drug-likeness (QED) is 0.673. The van der Waals surface area contributed by atoms with Crippen LogP contribution >= 0.6 is 31.9 Å². The lowest BCUT2D eigenvalue weighted by atomic mass is 9.75. The Morgan fingerprint density at radius 2 is 1.67 bits per heavy atom. The van der Waals surface area contributed by atoms with Crippen molar-refractivity contribution in [3.05, 3.63) is 68.6 Å². The van der Waals surface area contributed by atoms with Crippen molar-refractivity contribution in [1.29, 1.82) is 0 Å². The van der Waals surface area contributed by atoms with Gasteiger partial charge in [-0.15, -0.1) is 0 Å². The maximum absolute atomic E-state index is 3.75. The number of hydrogen-bond donors (Lipinski definition) is 1. The van der Waals surface area contributed by atoms with Gasteiger partial charge in [0.1, 0.15) is 0 Å². The molecule has 1 N–H and O–H groups in total. The fourth-order valence-electron chi connectivity index (χ4n) is 3.03. The zero-order chi connectivity index (χ0) is 14.8. The lowest BCUT2D eigenvalue weighted by molar-refractivity contribution is 0.270. The van der Waals surface area contributed by atoms with Crippen molar-refractivity contribution >= 4 is 31.9 Å². The molecule has 2 aromatic rings. The van der Waals surface area contributed by atoms with Gasteiger partial charge in [-0.25, -0.2) is 0 Å². The lowest BCUT2D eigenvalue weighted by Gasteiger charge is -2.38. The third kappa shape index (κ3) is 3.58. The number of nitrogens with one attached hydrogen (secondary N) is 1. The van der Waals surface area contributed by atoms with Crippen LogP contribution < -0.4 is 5.32 Å². The second-order valence-corrected chi connectivity index (χ2v) is 7.60. The molecule has 1 fully saturated rings. The third-order valence-corrected chi connectivity index (χ3v) is 5.59. The summed E-state index contributed by atoms with van der Waals surface area (Å²) in [5.74, 6) is 0.710. The van der Waals surface area contributed by atoms with E-state index in [9.17, 15) is 0 Å². The van der Waals surface area contributed by atoms with Gasteiger partial charge in [0, 0.05) is 21.0 Å². The van der Waals surface area contributed by atoms with Gasteiger partial charge >= 0.3 is 0 Å². The summed E-state index contributed by atoms with van der Waals surface area (Å²) in [5, 5.41) is 3.75. The average molecular weight is 409 g/mol. The van der Waals surface area contributed by atoms with Crippen LogP contribution in [0.5, 0.6) is 0 Å². The molecule has 0 radical (unpaired) electrons. The van der Waals surface area contributed by atoms with Gasteiger partial charge in [0.15, 0.2) is 0 Å². The van der Waals surface area contributed by atoms with Crippen molar-refractivity contribution in [2.24, 2.45) is 0 Å². The molecule has 0 unspecified atom stereocenters. The molecule has 0 bridgehead atoms. The van der Waals surface area contributed by atoms with E-state index in [4.69, 9.17) is 0 Å². The molecule has 1 aliphatic carbocycles. The first-order valence-electron chi connectivity index (χ1n) is 7.39. The molecular weight excluding hydrogens is 390 g/mol. The van der Waals surface area contributed by atoms with Crippen LogP contribution in [0.15, 0.2) is 57.5 Å². The highest BCUT2D eigenvalue weighted by Gasteiger charge is 2.31. The van der Waals surface area contributed by atoms with Crippen LogP contribution in [0.2, 0.25) is 0 Å². The molecule has 1 saturated carbocycles. The topological polar surface area (TPSA) is 12.0 Å². The first-order chi connectivity index (χ1) is 10.1. The summed E-state index contributed by atoms with van der Waals surface area (Å²) in [5.41, 5.74) is 2.80. The molecule has 21 heavy (non-hydrogen) atoms. The van der Waals surface area contributed by atoms with E-state index in [-0.39, 0.29) is 0 Å². The largest absolute Gasteiger partial charge is 0.307 e. The van der Waals surface area contributed by atoms with Crippen LogP contribution in [0.25, 0.3) is 0 Å². The monoisotopic (exact) mass is 407 g/mol. The van der Waals surface area contributed by atoms with Gasteiger partial charge in [-0.2, -0.15) is 0 Å². The molecule has 0 saturated heterocycles. The normalized spacial score (nSPS) is 22.6. The van der Waals surface area contributed by atoms with Crippen LogP contribution in [0, 0.1) is 0 Å². The van der Waals surface area contributed by atoms with Crippen LogP contribution in [0.4, 0.5) is 0 Å². The second-order valence-electron chi connectivity index (χ2n) is 5.83.